The summed E-state index contributed by atoms with van der Waals surface area (Å²) in [6.07, 6.45) is 9.18. The third-order valence-electron chi connectivity index (χ3n) is 14.5. The monoisotopic (exact) mass is 997 g/mol. The maximum Gasteiger partial charge on any atom is 0.306 e. The molecule has 0 unspecified atom stereocenters. The number of aliphatic hydroxyl groups is 1. The van der Waals surface area contributed by atoms with Gasteiger partial charge in [-0.05, 0) is 104 Å². The van der Waals surface area contributed by atoms with E-state index in [0.29, 0.717) is 92.8 Å². The molecule has 74 heavy (non-hydrogen) atoms. The summed E-state index contributed by atoms with van der Waals surface area (Å²) < 4.78 is 7.48. The predicted molar refractivity (Wildman–Crippen MR) is 285 cm³/mol. The van der Waals surface area contributed by atoms with Crippen LogP contribution < -0.4 is 0 Å². The molecule has 0 aliphatic carbocycles. The summed E-state index contributed by atoms with van der Waals surface area (Å²) in [6, 6.07) is 45.2. The second-order valence-corrected chi connectivity index (χ2v) is 19.4. The Morgan fingerprint density at radius 1 is 0.541 bits per heavy atom. The SMILES string of the molecule is CCOC(=O)CCc1cc(C(=O)N(CCCCCCCN2C(=O)c3ccccc3C2=O)CCCCCCCN2C(=O)c3ccccc3C2=O)n(Cc2ccccc2)c1CCC(O)(c1ccccc1)c1ccccc1. The molecule has 5 aromatic carbocycles. The molecule has 0 saturated heterocycles. The minimum Gasteiger partial charge on any atom is -0.466 e. The summed E-state index contributed by atoms with van der Waals surface area (Å²) in [4.78, 5) is 84.8. The molecule has 5 amide bonds. The molecule has 1 N–H and O–H groups in total. The van der Waals surface area contributed by atoms with E-state index in [9.17, 15) is 29.1 Å². The van der Waals surface area contributed by atoms with Crippen LogP contribution in [0.4, 0.5) is 0 Å². The van der Waals surface area contributed by atoms with Crippen LogP contribution >= 0.6 is 0 Å². The van der Waals surface area contributed by atoms with Crippen LogP contribution in [0.2, 0.25) is 0 Å². The highest BCUT2D eigenvalue weighted by Gasteiger charge is 2.36. The van der Waals surface area contributed by atoms with Gasteiger partial charge >= 0.3 is 5.97 Å². The molecule has 2 aliphatic rings. The van der Waals surface area contributed by atoms with Crippen LogP contribution in [0.3, 0.4) is 0 Å². The lowest BCUT2D eigenvalue weighted by Crippen LogP contribution is -2.35. The van der Waals surface area contributed by atoms with E-state index in [4.69, 9.17) is 4.74 Å². The van der Waals surface area contributed by atoms with Gasteiger partial charge in [-0.25, -0.2) is 0 Å². The fraction of sp³-hybridized carbons (Fsp3) is 0.355. The van der Waals surface area contributed by atoms with E-state index < -0.39 is 5.60 Å². The van der Waals surface area contributed by atoms with Gasteiger partial charge in [0, 0.05) is 44.8 Å². The van der Waals surface area contributed by atoms with E-state index in [-0.39, 0.29) is 48.5 Å². The fourth-order valence-corrected chi connectivity index (χ4v) is 10.5. The second kappa shape index (κ2) is 25.5. The van der Waals surface area contributed by atoms with Gasteiger partial charge in [-0.1, -0.05) is 154 Å². The van der Waals surface area contributed by atoms with Crippen LogP contribution in [0.1, 0.15) is 164 Å². The van der Waals surface area contributed by atoms with Gasteiger partial charge in [0.25, 0.3) is 29.5 Å². The molecular weight excluding hydrogens is 929 g/mol. The number of benzene rings is 5. The van der Waals surface area contributed by atoms with Crippen molar-refractivity contribution >= 4 is 35.5 Å². The highest BCUT2D eigenvalue weighted by molar-refractivity contribution is 6.22. The van der Waals surface area contributed by atoms with E-state index in [1.165, 1.54) is 9.80 Å². The van der Waals surface area contributed by atoms with Gasteiger partial charge in [0.15, 0.2) is 0 Å². The molecule has 12 nitrogen and oxygen atoms in total. The zero-order valence-corrected chi connectivity index (χ0v) is 42.6. The topological polar surface area (TPSA) is 147 Å². The van der Waals surface area contributed by atoms with Crippen LogP contribution in [-0.2, 0) is 34.5 Å². The maximum atomic E-state index is 15.4. The lowest BCUT2D eigenvalue weighted by molar-refractivity contribution is -0.143. The van der Waals surface area contributed by atoms with Crippen molar-refractivity contribution in [3.05, 3.63) is 201 Å². The van der Waals surface area contributed by atoms with Gasteiger partial charge in [-0.15, -0.1) is 0 Å². The number of aromatic nitrogens is 1. The molecule has 0 fully saturated rings. The molecule has 3 heterocycles. The summed E-state index contributed by atoms with van der Waals surface area (Å²) in [6.45, 7) is 4.21. The van der Waals surface area contributed by atoms with Crippen molar-refractivity contribution in [3.63, 3.8) is 0 Å². The molecule has 8 rings (SSSR count). The Hall–Kier alpha value is -7.44. The van der Waals surface area contributed by atoms with Crippen molar-refractivity contribution in [1.29, 1.82) is 0 Å². The van der Waals surface area contributed by atoms with E-state index in [0.717, 1.165) is 79.3 Å². The number of nitrogens with zero attached hydrogens (tertiary/aromatic N) is 4. The number of carbonyl (C=O) groups excluding carboxylic acids is 6. The summed E-state index contributed by atoms with van der Waals surface area (Å²) >= 11 is 0. The van der Waals surface area contributed by atoms with Gasteiger partial charge < -0.3 is 19.3 Å². The third kappa shape index (κ3) is 12.5. The van der Waals surface area contributed by atoms with Crippen LogP contribution in [0.5, 0.6) is 0 Å². The van der Waals surface area contributed by atoms with E-state index in [1.54, 1.807) is 55.5 Å². The van der Waals surface area contributed by atoms with Gasteiger partial charge in [-0.2, -0.15) is 0 Å². The first-order valence-electron chi connectivity index (χ1n) is 26.5. The number of esters is 1. The van der Waals surface area contributed by atoms with Crippen LogP contribution in [-0.4, -0.2) is 92.7 Å². The van der Waals surface area contributed by atoms with E-state index in [2.05, 4.69) is 4.57 Å². The Balaban J connectivity index is 1.00. The number of rotatable bonds is 28. The number of hydrogen-bond donors (Lipinski definition) is 1. The molecule has 0 bridgehead atoms. The minimum absolute atomic E-state index is 0.109. The Kier molecular flexibility index (Phi) is 18.2. The number of hydrogen-bond acceptors (Lipinski definition) is 8. The van der Waals surface area contributed by atoms with Crippen LogP contribution in [0.15, 0.2) is 146 Å². The van der Waals surface area contributed by atoms with Gasteiger partial charge in [0.1, 0.15) is 11.3 Å². The van der Waals surface area contributed by atoms with Crippen molar-refractivity contribution in [2.24, 2.45) is 0 Å². The molecular formula is C62H68N4O8. The highest BCUT2D eigenvalue weighted by Crippen LogP contribution is 2.36. The lowest BCUT2D eigenvalue weighted by atomic mass is 9.82. The number of imide groups is 2. The minimum atomic E-state index is -1.35. The number of ether oxygens (including phenoxy) is 1. The van der Waals surface area contributed by atoms with Crippen molar-refractivity contribution in [2.45, 2.75) is 109 Å². The normalized spacial score (nSPS) is 13.2. The largest absolute Gasteiger partial charge is 0.466 e. The number of amides is 5. The second-order valence-electron chi connectivity index (χ2n) is 19.4. The zero-order valence-electron chi connectivity index (χ0n) is 42.6. The molecule has 0 radical (unpaired) electrons. The average Bonchev–Trinajstić information content (AvgIpc) is 4.00. The molecule has 0 atom stereocenters. The molecule has 0 spiro atoms. The van der Waals surface area contributed by atoms with Crippen molar-refractivity contribution < 1.29 is 38.6 Å². The predicted octanol–water partition coefficient (Wildman–Crippen LogP) is 10.8. The first kappa shape index (κ1) is 52.9. The fourth-order valence-electron chi connectivity index (χ4n) is 10.5. The van der Waals surface area contributed by atoms with Crippen molar-refractivity contribution in [1.82, 2.24) is 19.3 Å². The Morgan fingerprint density at radius 2 is 0.959 bits per heavy atom. The van der Waals surface area contributed by atoms with E-state index >= 15 is 4.79 Å². The number of aryl methyl sites for hydroxylation is 1. The van der Waals surface area contributed by atoms with Crippen LogP contribution in [0, 0.1) is 0 Å². The maximum absolute atomic E-state index is 15.4. The zero-order chi connectivity index (χ0) is 51.9. The van der Waals surface area contributed by atoms with Gasteiger partial charge in [0.2, 0.25) is 0 Å². The van der Waals surface area contributed by atoms with Gasteiger partial charge in [0.05, 0.1) is 28.9 Å². The van der Waals surface area contributed by atoms with E-state index in [1.807, 2.05) is 102 Å². The first-order chi connectivity index (χ1) is 36.1. The standard InChI is InChI=1S/C62H68N4O8/c1-2-74-56(67)37-36-47-44-55(66(45-46-26-12-9-13-27-46)54(47)38-39-62(73,48-28-14-10-15-29-48)49-30-16-11-17-31-49)61(72)63(40-22-5-3-7-24-42-64-57(68)50-32-18-19-33-51(50)58(64)69)41-23-6-4-8-25-43-65-59(70)52-34-20-21-35-53(52)60(65)71/h9-21,26-35,44,73H,2-8,22-25,36-43,45H2,1H3. The Morgan fingerprint density at radius 3 is 1.42 bits per heavy atom. The van der Waals surface area contributed by atoms with Crippen LogP contribution in [0.25, 0.3) is 0 Å². The number of carbonyl (C=O) groups is 6. The number of unbranched alkanes of at least 4 members (excludes halogenated alkanes) is 8. The van der Waals surface area contributed by atoms with Crippen molar-refractivity contribution in [3.8, 4) is 0 Å². The molecule has 1 aromatic heterocycles. The first-order valence-corrected chi connectivity index (χ1v) is 26.5. The van der Waals surface area contributed by atoms with Gasteiger partial charge in [-0.3, -0.25) is 38.6 Å². The quantitative estimate of drug-likeness (QED) is 0.0290. The molecule has 6 aromatic rings. The number of fused-ring (bicyclic) bond motifs is 2. The molecule has 12 heteroatoms. The smallest absolute Gasteiger partial charge is 0.306 e. The summed E-state index contributed by atoms with van der Waals surface area (Å²) in [7, 11) is 0. The summed E-state index contributed by atoms with van der Waals surface area (Å²) in [5.74, 6) is -1.39. The Bertz CT molecular complexity index is 2700. The highest BCUT2D eigenvalue weighted by atomic mass is 16.5. The molecule has 0 saturated carbocycles. The summed E-state index contributed by atoms with van der Waals surface area (Å²) in [5, 5.41) is 12.7. The Labute approximate surface area is 434 Å². The lowest BCUT2D eigenvalue weighted by Gasteiger charge is -2.30. The third-order valence-corrected chi connectivity index (χ3v) is 14.5. The molecule has 2 aliphatic heterocycles. The molecule has 384 valence electrons. The van der Waals surface area contributed by atoms with Crippen molar-refractivity contribution in [2.75, 3.05) is 32.8 Å². The average molecular weight is 997 g/mol. The summed E-state index contributed by atoms with van der Waals surface area (Å²) in [5.41, 5.74) is 5.25.